The van der Waals surface area contributed by atoms with Crippen LogP contribution in [-0.4, -0.2) is 62.3 Å². The second-order valence-electron chi connectivity index (χ2n) is 9.85. The Morgan fingerprint density at radius 3 is 2.74 bits per heavy atom. The zero-order valence-electron chi connectivity index (χ0n) is 20.3. The molecule has 8 nitrogen and oxygen atoms in total. The van der Waals surface area contributed by atoms with Gasteiger partial charge in [-0.25, -0.2) is 14.6 Å². The Morgan fingerprint density at radius 1 is 1.23 bits per heavy atom. The molecule has 2 aliphatic rings. The van der Waals surface area contributed by atoms with Gasteiger partial charge in [0.15, 0.2) is 5.65 Å². The third-order valence-corrected chi connectivity index (χ3v) is 8.13. The van der Waals surface area contributed by atoms with Gasteiger partial charge in [0.1, 0.15) is 11.3 Å². The minimum absolute atomic E-state index is 0.133. The molecule has 0 radical (unpaired) electrons. The Hall–Kier alpha value is -2.42. The van der Waals surface area contributed by atoms with E-state index < -0.39 is 0 Å². The minimum Gasteiger partial charge on any atom is -0.368 e. The molecule has 4 atom stereocenters. The number of amides is 1. The zero-order chi connectivity index (χ0) is 24.9. The standard InChI is InChI=1S/C25H31Cl2N7O/c1-14-13-32(10-8-20(14)33-9-4-5-21(33)24(28)35)22-12-29-23-15(2)31-34(25(23)30-22)16(3)18-7-6-17(26)11-19(18)27/h6-7,11-12,14,16,20-21H,4-5,8-10,13H2,1-3H3,(H2,28,35)/t14-,16-,20+,21+/m1/s1. The van der Waals surface area contributed by atoms with Crippen molar-refractivity contribution in [3.05, 3.63) is 45.7 Å². The minimum atomic E-state index is -0.202. The van der Waals surface area contributed by atoms with Crippen molar-refractivity contribution in [3.63, 3.8) is 0 Å². The van der Waals surface area contributed by atoms with Crippen molar-refractivity contribution in [2.24, 2.45) is 11.7 Å². The number of anilines is 1. The van der Waals surface area contributed by atoms with Crippen LogP contribution < -0.4 is 10.6 Å². The van der Waals surface area contributed by atoms with Gasteiger partial charge in [0.25, 0.3) is 0 Å². The predicted molar refractivity (Wildman–Crippen MR) is 139 cm³/mol. The summed E-state index contributed by atoms with van der Waals surface area (Å²) in [6, 6.07) is 5.60. The van der Waals surface area contributed by atoms with Crippen molar-refractivity contribution >= 4 is 46.1 Å². The van der Waals surface area contributed by atoms with E-state index in [1.54, 1.807) is 6.07 Å². The first-order valence-corrected chi connectivity index (χ1v) is 13.0. The lowest BCUT2D eigenvalue weighted by Gasteiger charge is -2.43. The van der Waals surface area contributed by atoms with Crippen molar-refractivity contribution in [2.75, 3.05) is 24.5 Å². The Kier molecular flexibility index (Phi) is 6.63. The van der Waals surface area contributed by atoms with Crippen LogP contribution in [0.5, 0.6) is 0 Å². The number of likely N-dealkylation sites (tertiary alicyclic amines) is 1. The third-order valence-electron chi connectivity index (χ3n) is 7.57. The van der Waals surface area contributed by atoms with Crippen LogP contribution in [0.15, 0.2) is 24.4 Å². The van der Waals surface area contributed by atoms with Crippen LogP contribution in [0.3, 0.4) is 0 Å². The van der Waals surface area contributed by atoms with E-state index in [1.165, 1.54) is 0 Å². The van der Waals surface area contributed by atoms with Crippen LogP contribution in [0.2, 0.25) is 10.0 Å². The van der Waals surface area contributed by atoms with Crippen LogP contribution in [0.25, 0.3) is 11.2 Å². The third kappa shape index (κ3) is 4.47. The number of carbonyl (C=O) groups excluding carboxylic acids is 1. The number of primary amides is 1. The molecule has 2 N–H and O–H groups in total. The van der Waals surface area contributed by atoms with Gasteiger partial charge in [-0.05, 0) is 63.3 Å². The summed E-state index contributed by atoms with van der Waals surface area (Å²) in [5.74, 6) is 1.01. The predicted octanol–water partition coefficient (Wildman–Crippen LogP) is 4.22. The molecule has 10 heteroatoms. The normalized spacial score (nSPS) is 24.3. The SMILES string of the molecule is Cc1nn([C@H](C)c2ccc(Cl)cc2Cl)c2nc(N3CC[C@H](N4CCC[C@H]4C(N)=O)[C@H](C)C3)cnc12. The lowest BCUT2D eigenvalue weighted by Crippen LogP contribution is -2.54. The molecule has 2 fully saturated rings. The summed E-state index contributed by atoms with van der Waals surface area (Å²) in [5, 5.41) is 5.95. The summed E-state index contributed by atoms with van der Waals surface area (Å²) in [4.78, 5) is 26.3. The molecule has 2 aliphatic heterocycles. The number of carbonyl (C=O) groups is 1. The van der Waals surface area contributed by atoms with E-state index in [2.05, 4.69) is 16.7 Å². The van der Waals surface area contributed by atoms with E-state index in [0.717, 1.165) is 67.1 Å². The Bertz CT molecular complexity index is 1260. The van der Waals surface area contributed by atoms with E-state index in [9.17, 15) is 4.79 Å². The van der Waals surface area contributed by atoms with Gasteiger partial charge < -0.3 is 10.6 Å². The number of halogens is 2. The highest BCUT2D eigenvalue weighted by Gasteiger charge is 2.39. The summed E-state index contributed by atoms with van der Waals surface area (Å²) < 4.78 is 1.90. The molecule has 0 spiro atoms. The first-order valence-electron chi connectivity index (χ1n) is 12.2. The number of hydrogen-bond donors (Lipinski definition) is 1. The van der Waals surface area contributed by atoms with Gasteiger partial charge in [0.05, 0.1) is 24.0 Å². The molecule has 5 rings (SSSR count). The Balaban J connectivity index is 1.41. The summed E-state index contributed by atoms with van der Waals surface area (Å²) in [6.07, 6.45) is 4.70. The molecule has 1 amide bonds. The molecule has 186 valence electrons. The molecular formula is C25H31Cl2N7O. The number of nitrogens with zero attached hydrogens (tertiary/aromatic N) is 6. The summed E-state index contributed by atoms with van der Waals surface area (Å²) in [5.41, 5.74) is 8.96. The van der Waals surface area contributed by atoms with Crippen LogP contribution in [-0.2, 0) is 4.79 Å². The van der Waals surface area contributed by atoms with Gasteiger partial charge in [0.2, 0.25) is 5.91 Å². The lowest BCUT2D eigenvalue weighted by atomic mass is 9.91. The molecule has 1 aromatic carbocycles. The highest BCUT2D eigenvalue weighted by Crippen LogP contribution is 2.33. The lowest BCUT2D eigenvalue weighted by molar-refractivity contribution is -0.123. The molecule has 0 bridgehead atoms. The fourth-order valence-corrected chi connectivity index (χ4v) is 6.33. The Labute approximate surface area is 215 Å². The highest BCUT2D eigenvalue weighted by atomic mass is 35.5. The number of aryl methyl sites for hydroxylation is 1. The maximum Gasteiger partial charge on any atom is 0.234 e. The average molecular weight is 516 g/mol. The maximum absolute atomic E-state index is 11.9. The van der Waals surface area contributed by atoms with E-state index in [0.29, 0.717) is 22.0 Å². The molecule has 0 aliphatic carbocycles. The van der Waals surface area contributed by atoms with E-state index in [-0.39, 0.29) is 18.0 Å². The fraction of sp³-hybridized carbons (Fsp3) is 0.520. The molecule has 0 saturated carbocycles. The number of benzene rings is 1. The number of rotatable bonds is 5. The summed E-state index contributed by atoms with van der Waals surface area (Å²) >= 11 is 12.6. The number of fused-ring (bicyclic) bond motifs is 1. The van der Waals surface area contributed by atoms with Crippen molar-refractivity contribution in [2.45, 2.75) is 58.2 Å². The van der Waals surface area contributed by atoms with Crippen LogP contribution >= 0.6 is 23.2 Å². The topological polar surface area (TPSA) is 93.2 Å². The van der Waals surface area contributed by atoms with Crippen LogP contribution in [0.4, 0.5) is 5.82 Å². The maximum atomic E-state index is 11.9. The van der Waals surface area contributed by atoms with E-state index in [4.69, 9.17) is 44.0 Å². The molecule has 3 aromatic rings. The molecule has 35 heavy (non-hydrogen) atoms. The number of aromatic nitrogens is 4. The first kappa shape index (κ1) is 24.3. The van der Waals surface area contributed by atoms with Crippen molar-refractivity contribution < 1.29 is 4.79 Å². The summed E-state index contributed by atoms with van der Waals surface area (Å²) in [6.45, 7) is 8.88. The smallest absolute Gasteiger partial charge is 0.234 e. The molecule has 4 heterocycles. The van der Waals surface area contributed by atoms with Gasteiger partial charge in [0, 0.05) is 29.2 Å². The van der Waals surface area contributed by atoms with Crippen molar-refractivity contribution in [3.8, 4) is 0 Å². The van der Waals surface area contributed by atoms with Crippen molar-refractivity contribution in [1.82, 2.24) is 24.6 Å². The first-order chi connectivity index (χ1) is 16.7. The van der Waals surface area contributed by atoms with Crippen LogP contribution in [0.1, 0.15) is 50.4 Å². The van der Waals surface area contributed by atoms with Crippen LogP contribution in [0, 0.1) is 12.8 Å². The average Bonchev–Trinajstić information content (AvgIpc) is 3.43. The fourth-order valence-electron chi connectivity index (χ4n) is 5.76. The molecule has 2 saturated heterocycles. The number of hydrogen-bond acceptors (Lipinski definition) is 6. The van der Waals surface area contributed by atoms with Gasteiger partial charge in [-0.3, -0.25) is 9.69 Å². The van der Waals surface area contributed by atoms with Crippen molar-refractivity contribution in [1.29, 1.82) is 0 Å². The molecule has 2 aromatic heterocycles. The number of nitrogens with two attached hydrogens (primary N) is 1. The quantitative estimate of drug-likeness (QED) is 0.546. The molecular weight excluding hydrogens is 485 g/mol. The second kappa shape index (κ2) is 9.56. The second-order valence-corrected chi connectivity index (χ2v) is 10.7. The molecule has 0 unspecified atom stereocenters. The van der Waals surface area contributed by atoms with Gasteiger partial charge >= 0.3 is 0 Å². The van der Waals surface area contributed by atoms with Gasteiger partial charge in [-0.2, -0.15) is 5.10 Å². The zero-order valence-corrected chi connectivity index (χ0v) is 21.8. The Morgan fingerprint density at radius 2 is 2.03 bits per heavy atom. The monoisotopic (exact) mass is 515 g/mol. The summed E-state index contributed by atoms with van der Waals surface area (Å²) in [7, 11) is 0. The van der Waals surface area contributed by atoms with Gasteiger partial charge in [-0.1, -0.05) is 36.2 Å². The van der Waals surface area contributed by atoms with E-state index >= 15 is 0 Å². The number of piperidine rings is 1. The largest absolute Gasteiger partial charge is 0.368 e. The van der Waals surface area contributed by atoms with E-state index in [1.807, 2.05) is 36.9 Å². The van der Waals surface area contributed by atoms with Gasteiger partial charge in [-0.15, -0.1) is 0 Å². The highest BCUT2D eigenvalue weighted by molar-refractivity contribution is 6.35.